The van der Waals surface area contributed by atoms with E-state index in [0.717, 1.165) is 5.56 Å². The summed E-state index contributed by atoms with van der Waals surface area (Å²) in [4.78, 5) is 36.2. The lowest BCUT2D eigenvalue weighted by Gasteiger charge is -2.06. The lowest BCUT2D eigenvalue weighted by Crippen LogP contribution is -2.20. The van der Waals surface area contributed by atoms with Crippen LogP contribution in [0.1, 0.15) is 22.8 Å². The summed E-state index contributed by atoms with van der Waals surface area (Å²) >= 11 is 0. The molecule has 0 aliphatic carbocycles. The molecule has 3 heterocycles. The summed E-state index contributed by atoms with van der Waals surface area (Å²) in [5.41, 5.74) is 2.81. The summed E-state index contributed by atoms with van der Waals surface area (Å²) in [6.45, 7) is 3.47. The van der Waals surface area contributed by atoms with Crippen molar-refractivity contribution in [2.45, 2.75) is 20.3 Å². The summed E-state index contributed by atoms with van der Waals surface area (Å²) in [6.07, 6.45) is 1.83. The van der Waals surface area contributed by atoms with Crippen LogP contribution in [0.5, 0.6) is 0 Å². The maximum Gasteiger partial charge on any atom is 0.272 e. The minimum atomic E-state index is -0.342. The SMILES string of the molecule is Cc1nc(C)c(Cc2cc(=O)n3[nH]cc(-c4ccc(F)cc4)c3n2)c(=O)[nH]1. The van der Waals surface area contributed by atoms with Crippen molar-refractivity contribution in [1.82, 2.24) is 24.6 Å². The summed E-state index contributed by atoms with van der Waals surface area (Å²) < 4.78 is 14.5. The number of H-pyrrole nitrogens is 2. The van der Waals surface area contributed by atoms with E-state index in [4.69, 9.17) is 0 Å². The van der Waals surface area contributed by atoms with Crippen LogP contribution in [0.15, 0.2) is 46.1 Å². The van der Waals surface area contributed by atoms with Crippen LogP contribution in [0.4, 0.5) is 4.39 Å². The summed E-state index contributed by atoms with van der Waals surface area (Å²) in [5, 5.41) is 2.86. The number of aryl methyl sites for hydroxylation is 2. The first kappa shape index (κ1) is 16.9. The predicted molar refractivity (Wildman–Crippen MR) is 98.3 cm³/mol. The number of rotatable bonds is 3. The molecule has 4 aromatic rings. The van der Waals surface area contributed by atoms with Gasteiger partial charge in [0.2, 0.25) is 0 Å². The highest BCUT2D eigenvalue weighted by molar-refractivity contribution is 5.76. The van der Waals surface area contributed by atoms with Crippen LogP contribution in [0.25, 0.3) is 16.8 Å². The minimum absolute atomic E-state index is 0.189. The molecule has 0 aliphatic heterocycles. The van der Waals surface area contributed by atoms with Gasteiger partial charge in [-0.1, -0.05) is 12.1 Å². The molecule has 0 saturated heterocycles. The Hall–Kier alpha value is -3.55. The average Bonchev–Trinajstić information content (AvgIpc) is 3.03. The highest BCUT2D eigenvalue weighted by Gasteiger charge is 2.14. The van der Waals surface area contributed by atoms with E-state index in [1.165, 1.54) is 22.7 Å². The molecule has 0 atom stereocenters. The van der Waals surface area contributed by atoms with Crippen LogP contribution in [-0.2, 0) is 6.42 Å². The third-order valence-corrected chi connectivity index (χ3v) is 4.40. The van der Waals surface area contributed by atoms with Gasteiger partial charge in [-0.25, -0.2) is 18.9 Å². The number of nitrogens with one attached hydrogen (secondary N) is 2. The molecule has 0 radical (unpaired) electrons. The average molecular weight is 365 g/mol. The first-order valence-corrected chi connectivity index (χ1v) is 8.35. The number of aromatic amines is 2. The second kappa shape index (κ2) is 6.31. The molecular formula is C19H16FN5O2. The molecule has 0 bridgehead atoms. The Morgan fingerprint density at radius 1 is 1.11 bits per heavy atom. The molecule has 8 heteroatoms. The summed E-state index contributed by atoms with van der Waals surface area (Å²) in [7, 11) is 0. The Kier molecular flexibility index (Phi) is 3.95. The Balaban J connectivity index is 1.84. The van der Waals surface area contributed by atoms with E-state index in [0.29, 0.717) is 34.0 Å². The van der Waals surface area contributed by atoms with E-state index < -0.39 is 0 Å². The zero-order valence-electron chi connectivity index (χ0n) is 14.7. The number of benzene rings is 1. The number of nitrogens with zero attached hydrogens (tertiary/aromatic N) is 3. The number of hydrogen-bond acceptors (Lipinski definition) is 4. The normalized spacial score (nSPS) is 11.2. The van der Waals surface area contributed by atoms with Crippen LogP contribution in [-0.4, -0.2) is 24.6 Å². The smallest absolute Gasteiger partial charge is 0.272 e. The van der Waals surface area contributed by atoms with Crippen LogP contribution in [0, 0.1) is 19.7 Å². The Bertz CT molecular complexity index is 1270. The van der Waals surface area contributed by atoms with Crippen LogP contribution in [0.2, 0.25) is 0 Å². The van der Waals surface area contributed by atoms with Gasteiger partial charge in [0, 0.05) is 35.5 Å². The predicted octanol–water partition coefficient (Wildman–Crippen LogP) is 2.12. The molecule has 4 rings (SSSR count). The summed E-state index contributed by atoms with van der Waals surface area (Å²) in [6, 6.07) is 7.33. The van der Waals surface area contributed by atoms with Crippen molar-refractivity contribution in [1.29, 1.82) is 0 Å². The molecule has 0 unspecified atom stereocenters. The zero-order chi connectivity index (χ0) is 19.1. The fraction of sp³-hybridized carbons (Fsp3) is 0.158. The highest BCUT2D eigenvalue weighted by Crippen LogP contribution is 2.23. The first-order chi connectivity index (χ1) is 12.9. The quantitative estimate of drug-likeness (QED) is 0.581. The maximum absolute atomic E-state index is 13.2. The fourth-order valence-corrected chi connectivity index (χ4v) is 3.10. The number of fused-ring (bicyclic) bond motifs is 1. The van der Waals surface area contributed by atoms with Crippen LogP contribution >= 0.6 is 0 Å². The third-order valence-electron chi connectivity index (χ3n) is 4.40. The molecule has 7 nitrogen and oxygen atoms in total. The van der Waals surface area contributed by atoms with E-state index in [9.17, 15) is 14.0 Å². The molecule has 136 valence electrons. The molecule has 0 fully saturated rings. The van der Waals surface area contributed by atoms with E-state index in [1.807, 2.05) is 0 Å². The van der Waals surface area contributed by atoms with E-state index in [1.54, 1.807) is 32.2 Å². The molecule has 0 amide bonds. The third kappa shape index (κ3) is 3.05. The Morgan fingerprint density at radius 3 is 2.56 bits per heavy atom. The number of aromatic nitrogens is 5. The molecule has 0 saturated carbocycles. The van der Waals surface area contributed by atoms with E-state index in [2.05, 4.69) is 20.1 Å². The maximum atomic E-state index is 13.2. The van der Waals surface area contributed by atoms with Gasteiger partial charge < -0.3 is 4.98 Å². The summed E-state index contributed by atoms with van der Waals surface area (Å²) in [5.74, 6) is 0.194. The van der Waals surface area contributed by atoms with Gasteiger partial charge in [-0.15, -0.1) is 0 Å². The highest BCUT2D eigenvalue weighted by atomic mass is 19.1. The largest absolute Gasteiger partial charge is 0.311 e. The van der Waals surface area contributed by atoms with Crippen molar-refractivity contribution in [3.05, 3.63) is 85.8 Å². The van der Waals surface area contributed by atoms with Gasteiger partial charge >= 0.3 is 0 Å². The Labute approximate surface area is 152 Å². The van der Waals surface area contributed by atoms with Gasteiger partial charge in [0.05, 0.1) is 5.69 Å². The molecule has 0 spiro atoms. The van der Waals surface area contributed by atoms with E-state index >= 15 is 0 Å². The minimum Gasteiger partial charge on any atom is -0.311 e. The fourth-order valence-electron chi connectivity index (χ4n) is 3.10. The molecule has 27 heavy (non-hydrogen) atoms. The molecule has 0 aliphatic rings. The van der Waals surface area contributed by atoms with Crippen molar-refractivity contribution in [2.24, 2.45) is 0 Å². The number of hydrogen-bond donors (Lipinski definition) is 2. The zero-order valence-corrected chi connectivity index (χ0v) is 14.7. The van der Waals surface area contributed by atoms with Gasteiger partial charge in [0.25, 0.3) is 11.1 Å². The molecular weight excluding hydrogens is 349 g/mol. The standard InChI is InChI=1S/C19H16FN5O2/c1-10-15(19(27)23-11(2)22-10)7-14-8-17(26)25-18(24-14)16(9-21-25)12-3-5-13(20)6-4-12/h3-6,8-9,21H,7H2,1-2H3,(H,22,23,27). The number of halogens is 1. The topological polar surface area (TPSA) is 95.9 Å². The van der Waals surface area contributed by atoms with Crippen molar-refractivity contribution in [3.63, 3.8) is 0 Å². The lowest BCUT2D eigenvalue weighted by atomic mass is 10.1. The van der Waals surface area contributed by atoms with Gasteiger partial charge in [-0.05, 0) is 31.5 Å². The second-order valence-electron chi connectivity index (χ2n) is 6.33. The van der Waals surface area contributed by atoms with Crippen molar-refractivity contribution < 1.29 is 4.39 Å². The lowest BCUT2D eigenvalue weighted by molar-refractivity contribution is 0.628. The van der Waals surface area contributed by atoms with Crippen molar-refractivity contribution >= 4 is 5.65 Å². The first-order valence-electron chi connectivity index (χ1n) is 8.35. The molecule has 1 aromatic carbocycles. The monoisotopic (exact) mass is 365 g/mol. The molecule has 3 aromatic heterocycles. The van der Waals surface area contributed by atoms with Gasteiger partial charge in [0.1, 0.15) is 11.6 Å². The second-order valence-corrected chi connectivity index (χ2v) is 6.33. The molecule has 2 N–H and O–H groups in total. The van der Waals surface area contributed by atoms with Gasteiger partial charge in [-0.2, -0.15) is 0 Å². The van der Waals surface area contributed by atoms with E-state index in [-0.39, 0.29) is 23.4 Å². The van der Waals surface area contributed by atoms with Crippen molar-refractivity contribution in [2.75, 3.05) is 0 Å². The Morgan fingerprint density at radius 2 is 1.85 bits per heavy atom. The van der Waals surface area contributed by atoms with Crippen LogP contribution in [0.3, 0.4) is 0 Å². The van der Waals surface area contributed by atoms with Gasteiger partial charge in [-0.3, -0.25) is 14.7 Å². The van der Waals surface area contributed by atoms with Gasteiger partial charge in [0.15, 0.2) is 5.65 Å². The van der Waals surface area contributed by atoms with Crippen LogP contribution < -0.4 is 11.1 Å². The van der Waals surface area contributed by atoms with Crippen molar-refractivity contribution in [3.8, 4) is 11.1 Å².